The van der Waals surface area contributed by atoms with E-state index in [9.17, 15) is 13.2 Å². The molecule has 0 aromatic carbocycles. The molecule has 0 aliphatic carbocycles. The summed E-state index contributed by atoms with van der Waals surface area (Å²) in [5, 5.41) is 7.73. The summed E-state index contributed by atoms with van der Waals surface area (Å²) < 4.78 is 43.1. The van der Waals surface area contributed by atoms with E-state index in [2.05, 4.69) is 32.4 Å². The van der Waals surface area contributed by atoms with Gasteiger partial charge in [-0.1, -0.05) is 6.92 Å². The number of rotatable bonds is 7. The fourth-order valence-corrected chi connectivity index (χ4v) is 3.29. The number of aliphatic imine (C=N–C) groups is 1. The van der Waals surface area contributed by atoms with Crippen molar-refractivity contribution in [2.24, 2.45) is 10.9 Å². The normalized spacial score (nSPS) is 17.3. The van der Waals surface area contributed by atoms with Crippen LogP contribution in [-0.4, -0.2) is 61.8 Å². The van der Waals surface area contributed by atoms with E-state index in [1.165, 1.54) is 0 Å². The zero-order valence-electron chi connectivity index (χ0n) is 15.5. The molecule has 1 aliphatic heterocycles. The lowest BCUT2D eigenvalue weighted by atomic mass is 10.1. The second-order valence-electron chi connectivity index (χ2n) is 6.22. The Morgan fingerprint density at radius 1 is 1.37 bits per heavy atom. The molecule has 2 N–H and O–H groups in total. The van der Waals surface area contributed by atoms with Gasteiger partial charge in [-0.3, -0.25) is 4.90 Å². The molecule has 2 heterocycles. The predicted molar refractivity (Wildman–Crippen MR) is 112 cm³/mol. The minimum Gasteiger partial charge on any atom is -0.379 e. The average molecular weight is 521 g/mol. The Balaban J connectivity index is 0.00000364. The highest BCUT2D eigenvalue weighted by Crippen LogP contribution is 2.30. The van der Waals surface area contributed by atoms with E-state index in [-0.39, 0.29) is 30.5 Å². The Morgan fingerprint density at radius 3 is 2.67 bits per heavy atom. The summed E-state index contributed by atoms with van der Waals surface area (Å²) in [7, 11) is 0. The highest BCUT2D eigenvalue weighted by atomic mass is 127. The second-order valence-corrected chi connectivity index (χ2v) is 7.16. The van der Waals surface area contributed by atoms with Crippen LogP contribution in [0.25, 0.3) is 0 Å². The van der Waals surface area contributed by atoms with Gasteiger partial charge in [0.25, 0.3) is 0 Å². The number of thiazole rings is 1. The Labute approximate surface area is 179 Å². The van der Waals surface area contributed by atoms with E-state index in [1.807, 2.05) is 6.92 Å². The number of aromatic nitrogens is 1. The molecule has 1 aromatic heterocycles. The molecule has 156 valence electrons. The van der Waals surface area contributed by atoms with E-state index in [4.69, 9.17) is 4.74 Å². The van der Waals surface area contributed by atoms with Crippen molar-refractivity contribution in [2.45, 2.75) is 26.6 Å². The van der Waals surface area contributed by atoms with E-state index < -0.39 is 11.9 Å². The number of hydrogen-bond acceptors (Lipinski definition) is 5. The van der Waals surface area contributed by atoms with Gasteiger partial charge in [-0.2, -0.15) is 13.2 Å². The third-order valence-electron chi connectivity index (χ3n) is 3.85. The Kier molecular flexibility index (Phi) is 10.9. The van der Waals surface area contributed by atoms with Gasteiger partial charge in [-0.15, -0.1) is 35.3 Å². The van der Waals surface area contributed by atoms with Crippen molar-refractivity contribution in [2.75, 3.05) is 45.9 Å². The Morgan fingerprint density at radius 2 is 2.07 bits per heavy atom. The SMILES string of the molecule is CCNC(=NCc1nc(C(F)(F)F)cs1)NCC(C)CN1CCOCC1.I. The standard InChI is InChI=1S/C16H26F3N5OS.HI/c1-3-20-15(21-8-12(2)10-24-4-6-25-7-5-24)22-9-14-23-13(11-26-14)16(17,18)19;/h11-12H,3-10H2,1-2H3,(H2,20,21,22);1H. The molecule has 27 heavy (non-hydrogen) atoms. The fraction of sp³-hybridized carbons (Fsp3) is 0.750. The Bertz CT molecular complexity index is 579. The van der Waals surface area contributed by atoms with Gasteiger partial charge in [0, 0.05) is 38.1 Å². The van der Waals surface area contributed by atoms with Gasteiger partial charge in [0.05, 0.1) is 19.8 Å². The maximum atomic E-state index is 12.6. The van der Waals surface area contributed by atoms with Crippen LogP contribution >= 0.6 is 35.3 Å². The molecule has 0 bridgehead atoms. The van der Waals surface area contributed by atoms with Crippen LogP contribution in [0.4, 0.5) is 13.2 Å². The average Bonchev–Trinajstić information content (AvgIpc) is 3.08. The number of morpholine rings is 1. The van der Waals surface area contributed by atoms with E-state index in [0.717, 1.165) is 56.1 Å². The van der Waals surface area contributed by atoms with E-state index >= 15 is 0 Å². The third-order valence-corrected chi connectivity index (χ3v) is 4.68. The first-order chi connectivity index (χ1) is 12.4. The number of nitrogens with one attached hydrogen (secondary N) is 2. The Hall–Kier alpha value is -0.660. The number of guanidine groups is 1. The summed E-state index contributed by atoms with van der Waals surface area (Å²) in [6.45, 7) is 10.0. The lowest BCUT2D eigenvalue weighted by molar-refractivity contribution is -0.140. The van der Waals surface area contributed by atoms with Crippen LogP contribution in [0.3, 0.4) is 0 Å². The van der Waals surface area contributed by atoms with Gasteiger partial charge < -0.3 is 15.4 Å². The molecular weight excluding hydrogens is 494 g/mol. The van der Waals surface area contributed by atoms with Crippen LogP contribution in [0.1, 0.15) is 24.5 Å². The number of hydrogen-bond donors (Lipinski definition) is 2. The van der Waals surface area contributed by atoms with E-state index in [0.29, 0.717) is 23.4 Å². The summed E-state index contributed by atoms with van der Waals surface area (Å²) in [4.78, 5) is 10.3. The fourth-order valence-electron chi connectivity index (χ4n) is 2.56. The van der Waals surface area contributed by atoms with Gasteiger partial charge in [-0.05, 0) is 12.8 Å². The molecule has 1 atom stereocenters. The lowest BCUT2D eigenvalue weighted by Gasteiger charge is -2.29. The van der Waals surface area contributed by atoms with Crippen molar-refractivity contribution >= 4 is 41.3 Å². The lowest BCUT2D eigenvalue weighted by Crippen LogP contribution is -2.44. The summed E-state index contributed by atoms with van der Waals surface area (Å²) >= 11 is 0.972. The van der Waals surface area contributed by atoms with Gasteiger partial charge in [0.2, 0.25) is 0 Å². The van der Waals surface area contributed by atoms with Crippen LogP contribution in [0, 0.1) is 5.92 Å². The van der Waals surface area contributed by atoms with Crippen molar-refractivity contribution in [3.8, 4) is 0 Å². The topological polar surface area (TPSA) is 61.8 Å². The van der Waals surface area contributed by atoms with Crippen molar-refractivity contribution in [1.29, 1.82) is 0 Å². The molecule has 1 saturated heterocycles. The molecule has 1 unspecified atom stereocenters. The molecule has 1 aliphatic rings. The third kappa shape index (κ3) is 8.92. The van der Waals surface area contributed by atoms with Crippen LogP contribution in [0.2, 0.25) is 0 Å². The van der Waals surface area contributed by atoms with Gasteiger partial charge in [0.15, 0.2) is 11.7 Å². The highest BCUT2D eigenvalue weighted by molar-refractivity contribution is 14.0. The molecule has 0 amide bonds. The smallest absolute Gasteiger partial charge is 0.379 e. The zero-order chi connectivity index (χ0) is 19.0. The number of alkyl halides is 3. The van der Waals surface area contributed by atoms with E-state index in [1.54, 1.807) is 0 Å². The maximum Gasteiger partial charge on any atom is 0.434 e. The van der Waals surface area contributed by atoms with Crippen molar-refractivity contribution in [1.82, 2.24) is 20.5 Å². The largest absolute Gasteiger partial charge is 0.434 e. The van der Waals surface area contributed by atoms with Crippen LogP contribution in [-0.2, 0) is 17.5 Å². The monoisotopic (exact) mass is 521 g/mol. The molecule has 11 heteroatoms. The molecule has 1 aromatic rings. The first-order valence-electron chi connectivity index (χ1n) is 8.72. The zero-order valence-corrected chi connectivity index (χ0v) is 18.7. The van der Waals surface area contributed by atoms with Crippen molar-refractivity contribution < 1.29 is 17.9 Å². The molecule has 0 saturated carbocycles. The molecule has 2 rings (SSSR count). The quantitative estimate of drug-likeness (QED) is 0.329. The number of halogens is 4. The van der Waals surface area contributed by atoms with Crippen LogP contribution < -0.4 is 10.6 Å². The summed E-state index contributed by atoms with van der Waals surface area (Å²) in [6, 6.07) is 0. The molecule has 0 spiro atoms. The highest BCUT2D eigenvalue weighted by Gasteiger charge is 2.33. The molecule has 0 radical (unpaired) electrons. The van der Waals surface area contributed by atoms with Crippen LogP contribution in [0.5, 0.6) is 0 Å². The number of ether oxygens (including phenoxy) is 1. The summed E-state index contributed by atoms with van der Waals surface area (Å²) in [5.74, 6) is 0.999. The van der Waals surface area contributed by atoms with Crippen LogP contribution in [0.15, 0.2) is 10.4 Å². The number of nitrogens with zero attached hydrogens (tertiary/aromatic N) is 3. The van der Waals surface area contributed by atoms with Gasteiger partial charge in [-0.25, -0.2) is 9.98 Å². The first kappa shape index (κ1) is 24.4. The second kappa shape index (κ2) is 12.0. The minimum absolute atomic E-state index is 0. The first-order valence-corrected chi connectivity index (χ1v) is 9.60. The summed E-state index contributed by atoms with van der Waals surface area (Å²) in [6.07, 6.45) is -4.41. The van der Waals surface area contributed by atoms with Crippen molar-refractivity contribution in [3.63, 3.8) is 0 Å². The summed E-state index contributed by atoms with van der Waals surface area (Å²) in [5.41, 5.74) is -0.857. The molecular formula is C16H27F3IN5OS. The van der Waals surface area contributed by atoms with Gasteiger partial charge in [0.1, 0.15) is 5.01 Å². The van der Waals surface area contributed by atoms with Gasteiger partial charge >= 0.3 is 6.18 Å². The minimum atomic E-state index is -4.41. The maximum absolute atomic E-state index is 12.6. The molecule has 1 fully saturated rings. The predicted octanol–water partition coefficient (Wildman–Crippen LogP) is 2.80. The van der Waals surface area contributed by atoms with Crippen molar-refractivity contribution in [3.05, 3.63) is 16.1 Å². The molecule has 6 nitrogen and oxygen atoms in total.